The summed E-state index contributed by atoms with van der Waals surface area (Å²) in [6.45, 7) is 0. The SMILES string of the molecule is COc1ccc(Cl)cc1/C=C(/N)C(=O)O. The van der Waals surface area contributed by atoms with Crippen molar-refractivity contribution in [1.29, 1.82) is 0 Å². The van der Waals surface area contributed by atoms with E-state index in [1.54, 1.807) is 18.2 Å². The number of ether oxygens (including phenoxy) is 1. The molecular weight excluding hydrogens is 218 g/mol. The topological polar surface area (TPSA) is 72.5 Å². The minimum atomic E-state index is -1.18. The lowest BCUT2D eigenvalue weighted by Crippen LogP contribution is -2.09. The first kappa shape index (κ1) is 11.4. The molecule has 0 aromatic heterocycles. The van der Waals surface area contributed by atoms with E-state index in [-0.39, 0.29) is 5.70 Å². The molecule has 0 atom stereocenters. The zero-order valence-corrected chi connectivity index (χ0v) is 8.78. The minimum absolute atomic E-state index is 0.268. The van der Waals surface area contributed by atoms with Gasteiger partial charge in [-0.1, -0.05) is 11.6 Å². The average Bonchev–Trinajstić information content (AvgIpc) is 2.18. The Morgan fingerprint density at radius 3 is 2.80 bits per heavy atom. The van der Waals surface area contributed by atoms with Crippen LogP contribution in [0.15, 0.2) is 23.9 Å². The van der Waals surface area contributed by atoms with Gasteiger partial charge in [-0.25, -0.2) is 4.79 Å². The number of carboxylic acids is 1. The lowest BCUT2D eigenvalue weighted by atomic mass is 10.1. The molecule has 5 heteroatoms. The van der Waals surface area contributed by atoms with E-state index >= 15 is 0 Å². The number of rotatable bonds is 3. The van der Waals surface area contributed by atoms with Crippen LogP contribution in [0.1, 0.15) is 5.56 Å². The standard InChI is InChI=1S/C10H10ClNO3/c1-15-9-3-2-7(11)4-6(9)5-8(12)10(13)14/h2-5H,12H2,1H3,(H,13,14)/b8-5+. The Kier molecular flexibility index (Phi) is 3.57. The van der Waals surface area contributed by atoms with Gasteiger partial charge in [0.1, 0.15) is 11.4 Å². The number of methoxy groups -OCH3 is 1. The molecule has 0 aliphatic heterocycles. The molecular formula is C10H10ClNO3. The molecule has 0 radical (unpaired) electrons. The van der Waals surface area contributed by atoms with E-state index in [9.17, 15) is 4.79 Å². The monoisotopic (exact) mass is 227 g/mol. The van der Waals surface area contributed by atoms with Gasteiger partial charge in [0, 0.05) is 10.6 Å². The van der Waals surface area contributed by atoms with Gasteiger partial charge >= 0.3 is 5.97 Å². The van der Waals surface area contributed by atoms with Gasteiger partial charge in [0.15, 0.2) is 0 Å². The fraction of sp³-hybridized carbons (Fsp3) is 0.100. The second-order valence-corrected chi connectivity index (χ2v) is 3.23. The predicted octanol–water partition coefficient (Wildman–Crippen LogP) is 1.73. The number of carboxylic acid groups (broad SMARTS) is 1. The quantitative estimate of drug-likeness (QED) is 0.772. The van der Waals surface area contributed by atoms with Gasteiger partial charge in [-0.15, -0.1) is 0 Å². The molecule has 0 saturated heterocycles. The van der Waals surface area contributed by atoms with Crippen molar-refractivity contribution in [2.45, 2.75) is 0 Å². The molecule has 15 heavy (non-hydrogen) atoms. The number of carbonyl (C=O) groups is 1. The third-order valence-electron chi connectivity index (χ3n) is 1.75. The first-order valence-corrected chi connectivity index (χ1v) is 4.46. The minimum Gasteiger partial charge on any atom is -0.496 e. The average molecular weight is 228 g/mol. The lowest BCUT2D eigenvalue weighted by Gasteiger charge is -2.05. The fourth-order valence-electron chi connectivity index (χ4n) is 1.05. The number of halogens is 1. The molecule has 0 bridgehead atoms. The van der Waals surface area contributed by atoms with Crippen LogP contribution in [0.3, 0.4) is 0 Å². The Morgan fingerprint density at radius 2 is 2.27 bits per heavy atom. The van der Waals surface area contributed by atoms with E-state index < -0.39 is 5.97 Å². The third-order valence-corrected chi connectivity index (χ3v) is 1.98. The van der Waals surface area contributed by atoms with E-state index in [0.29, 0.717) is 16.3 Å². The van der Waals surface area contributed by atoms with Crippen molar-refractivity contribution in [2.24, 2.45) is 5.73 Å². The number of hydrogen-bond donors (Lipinski definition) is 2. The first-order chi connectivity index (χ1) is 7.04. The summed E-state index contributed by atoms with van der Waals surface area (Å²) in [6, 6.07) is 4.87. The van der Waals surface area contributed by atoms with Crippen LogP contribution in [0.4, 0.5) is 0 Å². The Hall–Kier alpha value is -1.68. The molecule has 3 N–H and O–H groups in total. The number of aliphatic carboxylic acids is 1. The third kappa shape index (κ3) is 2.89. The zero-order valence-electron chi connectivity index (χ0n) is 8.03. The molecule has 0 aliphatic rings. The van der Waals surface area contributed by atoms with Gasteiger partial charge in [-0.2, -0.15) is 0 Å². The highest BCUT2D eigenvalue weighted by molar-refractivity contribution is 6.30. The van der Waals surface area contributed by atoms with Gasteiger partial charge in [-0.05, 0) is 24.3 Å². The number of hydrogen-bond acceptors (Lipinski definition) is 3. The van der Waals surface area contributed by atoms with Gasteiger partial charge in [0.2, 0.25) is 0 Å². The summed E-state index contributed by atoms with van der Waals surface area (Å²) < 4.78 is 5.03. The lowest BCUT2D eigenvalue weighted by molar-refractivity contribution is -0.132. The first-order valence-electron chi connectivity index (χ1n) is 4.08. The van der Waals surface area contributed by atoms with Crippen molar-refractivity contribution in [2.75, 3.05) is 7.11 Å². The van der Waals surface area contributed by atoms with E-state index in [1.807, 2.05) is 0 Å². The summed E-state index contributed by atoms with van der Waals surface area (Å²) in [5, 5.41) is 9.10. The highest BCUT2D eigenvalue weighted by Gasteiger charge is 2.05. The normalized spacial score (nSPS) is 11.2. The largest absolute Gasteiger partial charge is 0.496 e. The van der Waals surface area contributed by atoms with Gasteiger partial charge < -0.3 is 15.6 Å². The second-order valence-electron chi connectivity index (χ2n) is 2.79. The van der Waals surface area contributed by atoms with Crippen molar-refractivity contribution in [1.82, 2.24) is 0 Å². The summed E-state index contributed by atoms with van der Waals surface area (Å²) >= 11 is 5.76. The van der Waals surface area contributed by atoms with E-state index in [2.05, 4.69) is 0 Å². The smallest absolute Gasteiger partial charge is 0.351 e. The van der Waals surface area contributed by atoms with E-state index in [4.69, 9.17) is 27.2 Å². The van der Waals surface area contributed by atoms with Gasteiger partial charge in [0.25, 0.3) is 0 Å². The van der Waals surface area contributed by atoms with Crippen molar-refractivity contribution in [3.63, 3.8) is 0 Å². The zero-order chi connectivity index (χ0) is 11.4. The summed E-state index contributed by atoms with van der Waals surface area (Å²) in [6.07, 6.45) is 1.30. The van der Waals surface area contributed by atoms with Crippen LogP contribution >= 0.6 is 11.6 Å². The molecule has 1 aromatic rings. The Morgan fingerprint density at radius 1 is 1.60 bits per heavy atom. The van der Waals surface area contributed by atoms with Crippen LogP contribution in [-0.2, 0) is 4.79 Å². The summed E-state index contributed by atoms with van der Waals surface area (Å²) in [7, 11) is 1.48. The highest BCUT2D eigenvalue weighted by atomic mass is 35.5. The Bertz CT molecular complexity index is 415. The molecule has 0 unspecified atom stereocenters. The van der Waals surface area contributed by atoms with Crippen molar-refractivity contribution < 1.29 is 14.6 Å². The molecule has 0 heterocycles. The van der Waals surface area contributed by atoms with Crippen LogP contribution in [0, 0.1) is 0 Å². The van der Waals surface area contributed by atoms with Crippen LogP contribution in [0.5, 0.6) is 5.75 Å². The predicted molar refractivity (Wildman–Crippen MR) is 57.8 cm³/mol. The molecule has 80 valence electrons. The fourth-order valence-corrected chi connectivity index (χ4v) is 1.23. The molecule has 1 rings (SSSR count). The number of benzene rings is 1. The van der Waals surface area contributed by atoms with Gasteiger partial charge in [-0.3, -0.25) is 0 Å². The summed E-state index contributed by atoms with van der Waals surface area (Å²) in [4.78, 5) is 10.5. The molecule has 0 fully saturated rings. The van der Waals surface area contributed by atoms with Crippen LogP contribution < -0.4 is 10.5 Å². The maximum absolute atomic E-state index is 10.5. The molecule has 0 saturated carbocycles. The molecule has 0 spiro atoms. The Balaban J connectivity index is 3.18. The maximum Gasteiger partial charge on any atom is 0.351 e. The van der Waals surface area contributed by atoms with Gasteiger partial charge in [0.05, 0.1) is 7.11 Å². The van der Waals surface area contributed by atoms with Crippen molar-refractivity contribution >= 4 is 23.6 Å². The second kappa shape index (κ2) is 4.70. The van der Waals surface area contributed by atoms with Crippen LogP contribution in [0.2, 0.25) is 5.02 Å². The summed E-state index contributed by atoms with van der Waals surface area (Å²) in [5.41, 5.74) is 5.55. The summed E-state index contributed by atoms with van der Waals surface area (Å²) in [5.74, 6) is -0.666. The molecule has 4 nitrogen and oxygen atoms in total. The molecule has 1 aromatic carbocycles. The maximum atomic E-state index is 10.5. The Labute approximate surface area is 91.9 Å². The van der Waals surface area contributed by atoms with Crippen LogP contribution in [0.25, 0.3) is 6.08 Å². The van der Waals surface area contributed by atoms with Crippen molar-refractivity contribution in [3.8, 4) is 5.75 Å². The number of nitrogens with two attached hydrogens (primary N) is 1. The molecule has 0 aliphatic carbocycles. The van der Waals surface area contributed by atoms with E-state index in [1.165, 1.54) is 13.2 Å². The highest BCUT2D eigenvalue weighted by Crippen LogP contribution is 2.24. The molecule has 0 amide bonds. The van der Waals surface area contributed by atoms with Crippen LogP contribution in [-0.4, -0.2) is 18.2 Å². The van der Waals surface area contributed by atoms with Crippen molar-refractivity contribution in [3.05, 3.63) is 34.5 Å². The van der Waals surface area contributed by atoms with E-state index in [0.717, 1.165) is 0 Å².